The SMILES string of the molecule is CN(CCC(N)c1cccc(Cl)c1)C1CCCCC1O. The number of aliphatic hydroxyl groups excluding tert-OH is 1. The Morgan fingerprint density at radius 3 is 2.85 bits per heavy atom. The van der Waals surface area contributed by atoms with Gasteiger partial charge in [0.25, 0.3) is 0 Å². The first kappa shape index (κ1) is 15.8. The van der Waals surface area contributed by atoms with Crippen LogP contribution in [0.5, 0.6) is 0 Å². The van der Waals surface area contributed by atoms with Crippen molar-refractivity contribution in [3.05, 3.63) is 34.9 Å². The number of rotatable bonds is 5. The maximum Gasteiger partial charge on any atom is 0.0695 e. The van der Waals surface area contributed by atoms with Gasteiger partial charge in [0.15, 0.2) is 0 Å². The average Bonchev–Trinajstić information content (AvgIpc) is 2.45. The van der Waals surface area contributed by atoms with E-state index >= 15 is 0 Å². The average molecular weight is 297 g/mol. The molecule has 1 aromatic rings. The van der Waals surface area contributed by atoms with Crippen molar-refractivity contribution in [1.29, 1.82) is 0 Å². The Morgan fingerprint density at radius 2 is 2.15 bits per heavy atom. The molecule has 0 amide bonds. The third kappa shape index (κ3) is 4.19. The molecular formula is C16H25ClN2O. The molecule has 0 bridgehead atoms. The van der Waals surface area contributed by atoms with Crippen LogP contribution in [0.4, 0.5) is 0 Å². The summed E-state index contributed by atoms with van der Waals surface area (Å²) in [6.07, 6.45) is 5.07. The van der Waals surface area contributed by atoms with Crippen LogP contribution >= 0.6 is 11.6 Å². The number of aliphatic hydroxyl groups is 1. The second-order valence-corrected chi connectivity index (χ2v) is 6.29. The van der Waals surface area contributed by atoms with Crippen LogP contribution in [0.2, 0.25) is 5.02 Å². The number of halogens is 1. The molecule has 4 heteroatoms. The highest BCUT2D eigenvalue weighted by Crippen LogP contribution is 2.24. The van der Waals surface area contributed by atoms with E-state index in [1.807, 2.05) is 24.3 Å². The Balaban J connectivity index is 1.84. The highest BCUT2D eigenvalue weighted by atomic mass is 35.5. The fourth-order valence-electron chi connectivity index (χ4n) is 3.02. The molecule has 0 aromatic heterocycles. The van der Waals surface area contributed by atoms with Crippen molar-refractivity contribution in [1.82, 2.24) is 4.90 Å². The lowest BCUT2D eigenvalue weighted by atomic mass is 9.91. The summed E-state index contributed by atoms with van der Waals surface area (Å²) < 4.78 is 0. The molecule has 112 valence electrons. The molecule has 0 radical (unpaired) electrons. The van der Waals surface area contributed by atoms with E-state index < -0.39 is 0 Å². The first-order valence-corrected chi connectivity index (χ1v) is 7.85. The Kier molecular flexibility index (Phi) is 5.85. The van der Waals surface area contributed by atoms with Crippen LogP contribution in [0, 0.1) is 0 Å². The Hall–Kier alpha value is -0.610. The lowest BCUT2D eigenvalue weighted by Crippen LogP contribution is -2.44. The van der Waals surface area contributed by atoms with Gasteiger partial charge in [-0.3, -0.25) is 0 Å². The molecule has 2 rings (SSSR count). The largest absolute Gasteiger partial charge is 0.391 e. The van der Waals surface area contributed by atoms with Gasteiger partial charge in [0, 0.05) is 23.7 Å². The summed E-state index contributed by atoms with van der Waals surface area (Å²) in [5.74, 6) is 0. The van der Waals surface area contributed by atoms with Crippen molar-refractivity contribution in [3.63, 3.8) is 0 Å². The van der Waals surface area contributed by atoms with Crippen LogP contribution in [0.3, 0.4) is 0 Å². The van der Waals surface area contributed by atoms with Gasteiger partial charge in [-0.1, -0.05) is 36.6 Å². The molecule has 0 aliphatic heterocycles. The van der Waals surface area contributed by atoms with Gasteiger partial charge in [-0.25, -0.2) is 0 Å². The minimum absolute atomic E-state index is 0.00289. The molecule has 1 aliphatic rings. The monoisotopic (exact) mass is 296 g/mol. The molecule has 1 fully saturated rings. The van der Waals surface area contributed by atoms with Crippen LogP contribution in [-0.4, -0.2) is 35.7 Å². The molecule has 3 unspecified atom stereocenters. The first-order chi connectivity index (χ1) is 9.58. The highest BCUT2D eigenvalue weighted by Gasteiger charge is 2.26. The molecule has 0 spiro atoms. The van der Waals surface area contributed by atoms with Gasteiger partial charge in [-0.2, -0.15) is 0 Å². The molecule has 0 heterocycles. The van der Waals surface area contributed by atoms with Crippen molar-refractivity contribution < 1.29 is 5.11 Å². The van der Waals surface area contributed by atoms with Crippen LogP contribution in [0.1, 0.15) is 43.7 Å². The first-order valence-electron chi connectivity index (χ1n) is 7.47. The van der Waals surface area contributed by atoms with Crippen LogP contribution in [0.25, 0.3) is 0 Å². The molecule has 3 nitrogen and oxygen atoms in total. The third-order valence-electron chi connectivity index (χ3n) is 4.33. The summed E-state index contributed by atoms with van der Waals surface area (Å²) in [6.45, 7) is 0.898. The van der Waals surface area contributed by atoms with Gasteiger partial charge in [-0.05, 0) is 44.0 Å². The zero-order chi connectivity index (χ0) is 14.5. The van der Waals surface area contributed by atoms with Gasteiger partial charge in [0.1, 0.15) is 0 Å². The van der Waals surface area contributed by atoms with E-state index in [1.54, 1.807) is 0 Å². The Morgan fingerprint density at radius 1 is 1.40 bits per heavy atom. The van der Waals surface area contributed by atoms with Gasteiger partial charge in [-0.15, -0.1) is 0 Å². The zero-order valence-corrected chi connectivity index (χ0v) is 12.9. The van der Waals surface area contributed by atoms with Crippen LogP contribution in [0.15, 0.2) is 24.3 Å². The van der Waals surface area contributed by atoms with Crippen LogP contribution < -0.4 is 5.73 Å². The number of hydrogen-bond acceptors (Lipinski definition) is 3. The minimum Gasteiger partial charge on any atom is -0.391 e. The van der Waals surface area contributed by atoms with E-state index in [0.717, 1.165) is 42.8 Å². The Labute approximate surface area is 126 Å². The summed E-state index contributed by atoms with van der Waals surface area (Å²) in [4.78, 5) is 2.26. The maximum atomic E-state index is 10.1. The minimum atomic E-state index is -0.184. The Bertz CT molecular complexity index is 427. The highest BCUT2D eigenvalue weighted by molar-refractivity contribution is 6.30. The summed E-state index contributed by atoms with van der Waals surface area (Å²) in [6, 6.07) is 8.04. The predicted octanol–water partition coefficient (Wildman–Crippen LogP) is 2.97. The van der Waals surface area contributed by atoms with Gasteiger partial charge in [0.05, 0.1) is 6.10 Å². The predicted molar refractivity (Wildman–Crippen MR) is 83.9 cm³/mol. The fourth-order valence-corrected chi connectivity index (χ4v) is 3.22. The summed E-state index contributed by atoms with van der Waals surface area (Å²) in [7, 11) is 2.09. The second kappa shape index (κ2) is 7.41. The topological polar surface area (TPSA) is 49.5 Å². The second-order valence-electron chi connectivity index (χ2n) is 5.85. The van der Waals surface area contributed by atoms with Crippen molar-refractivity contribution in [2.45, 2.75) is 50.3 Å². The number of likely N-dealkylation sites (N-methyl/N-ethyl adjacent to an activating group) is 1. The van der Waals surface area contributed by atoms with Crippen molar-refractivity contribution in [2.24, 2.45) is 5.73 Å². The van der Waals surface area contributed by atoms with Crippen molar-refractivity contribution in [3.8, 4) is 0 Å². The lowest BCUT2D eigenvalue weighted by molar-refractivity contribution is 0.0311. The van der Waals surface area contributed by atoms with Crippen molar-refractivity contribution >= 4 is 11.6 Å². The number of nitrogens with zero attached hydrogens (tertiary/aromatic N) is 1. The van der Waals surface area contributed by atoms with E-state index in [9.17, 15) is 5.11 Å². The van der Waals surface area contributed by atoms with Gasteiger partial charge >= 0.3 is 0 Å². The van der Waals surface area contributed by atoms with E-state index in [0.29, 0.717) is 0 Å². The standard InChI is InChI=1S/C16H25ClN2O/c1-19(15-7-2-3-8-16(15)20)10-9-14(18)12-5-4-6-13(17)11-12/h4-6,11,14-16,20H,2-3,7-10,18H2,1H3. The molecule has 1 saturated carbocycles. The summed E-state index contributed by atoms with van der Waals surface area (Å²) >= 11 is 5.99. The maximum absolute atomic E-state index is 10.1. The number of hydrogen-bond donors (Lipinski definition) is 2. The fraction of sp³-hybridized carbons (Fsp3) is 0.625. The molecular weight excluding hydrogens is 272 g/mol. The molecule has 0 saturated heterocycles. The number of benzene rings is 1. The quantitative estimate of drug-likeness (QED) is 0.878. The third-order valence-corrected chi connectivity index (χ3v) is 4.56. The van der Waals surface area contributed by atoms with Crippen LogP contribution in [-0.2, 0) is 0 Å². The van der Waals surface area contributed by atoms with Gasteiger partial charge < -0.3 is 15.7 Å². The van der Waals surface area contributed by atoms with E-state index in [2.05, 4.69) is 11.9 Å². The zero-order valence-electron chi connectivity index (χ0n) is 12.1. The molecule has 3 atom stereocenters. The summed E-state index contributed by atoms with van der Waals surface area (Å²) in [5, 5.41) is 10.8. The molecule has 20 heavy (non-hydrogen) atoms. The summed E-state index contributed by atoms with van der Waals surface area (Å²) in [5.41, 5.74) is 7.31. The van der Waals surface area contributed by atoms with E-state index in [4.69, 9.17) is 17.3 Å². The molecule has 1 aliphatic carbocycles. The van der Waals surface area contributed by atoms with E-state index in [-0.39, 0.29) is 18.2 Å². The van der Waals surface area contributed by atoms with E-state index in [1.165, 1.54) is 6.42 Å². The molecule has 3 N–H and O–H groups in total. The smallest absolute Gasteiger partial charge is 0.0695 e. The number of nitrogens with two attached hydrogens (primary N) is 1. The normalized spacial score (nSPS) is 24.9. The van der Waals surface area contributed by atoms with Gasteiger partial charge in [0.2, 0.25) is 0 Å². The van der Waals surface area contributed by atoms with Crippen molar-refractivity contribution in [2.75, 3.05) is 13.6 Å². The molecule has 1 aromatic carbocycles. The lowest BCUT2D eigenvalue weighted by Gasteiger charge is -2.35.